The van der Waals surface area contributed by atoms with Gasteiger partial charge in [-0.05, 0) is 39.3 Å². The van der Waals surface area contributed by atoms with Crippen molar-refractivity contribution in [2.24, 2.45) is 5.10 Å². The summed E-state index contributed by atoms with van der Waals surface area (Å²) in [6, 6.07) is 9.79. The van der Waals surface area contributed by atoms with Crippen molar-refractivity contribution in [3.63, 3.8) is 0 Å². The van der Waals surface area contributed by atoms with Crippen molar-refractivity contribution < 1.29 is 4.79 Å². The van der Waals surface area contributed by atoms with Crippen LogP contribution in [0.1, 0.15) is 40.1 Å². The van der Waals surface area contributed by atoms with E-state index in [9.17, 15) is 4.79 Å². The minimum atomic E-state index is -0.469. The number of hydrogen-bond acceptors (Lipinski definition) is 5. The zero-order valence-electron chi connectivity index (χ0n) is 14.0. The van der Waals surface area contributed by atoms with Crippen molar-refractivity contribution in [1.82, 2.24) is 25.0 Å². The van der Waals surface area contributed by atoms with Gasteiger partial charge in [0.25, 0.3) is 5.78 Å². The van der Waals surface area contributed by atoms with E-state index in [1.807, 2.05) is 58.0 Å². The summed E-state index contributed by atoms with van der Waals surface area (Å²) in [6.45, 7) is 7.61. The molecule has 0 aliphatic heterocycles. The van der Waals surface area contributed by atoms with Crippen molar-refractivity contribution in [1.29, 1.82) is 0 Å². The molecule has 2 heterocycles. The first kappa shape index (κ1) is 15.8. The summed E-state index contributed by atoms with van der Waals surface area (Å²) in [5.74, 6) is -0.0300. The first-order valence-corrected chi connectivity index (χ1v) is 7.57. The zero-order chi connectivity index (χ0) is 17.3. The van der Waals surface area contributed by atoms with Crippen LogP contribution in [0.2, 0.25) is 0 Å². The van der Waals surface area contributed by atoms with Crippen molar-refractivity contribution in [3.8, 4) is 0 Å². The highest BCUT2D eigenvalue weighted by Gasteiger charge is 2.14. The summed E-state index contributed by atoms with van der Waals surface area (Å²) >= 11 is 0. The van der Waals surface area contributed by atoms with E-state index in [2.05, 4.69) is 25.6 Å². The largest absolute Gasteiger partial charge is 0.311 e. The van der Waals surface area contributed by atoms with Gasteiger partial charge in [0.15, 0.2) is 0 Å². The van der Waals surface area contributed by atoms with Crippen LogP contribution >= 0.6 is 0 Å². The summed E-state index contributed by atoms with van der Waals surface area (Å²) in [7, 11) is 0. The average molecular weight is 322 g/mol. The molecule has 3 rings (SSSR count). The fraction of sp³-hybridized carbons (Fsp3) is 0.235. The van der Waals surface area contributed by atoms with Gasteiger partial charge in [-0.1, -0.05) is 29.8 Å². The Labute approximate surface area is 139 Å². The molecular formula is C17H18N6O. The molecule has 7 heteroatoms. The highest BCUT2D eigenvalue weighted by atomic mass is 16.2. The van der Waals surface area contributed by atoms with E-state index < -0.39 is 5.91 Å². The molecule has 0 radical (unpaired) electrons. The third kappa shape index (κ3) is 3.15. The molecule has 1 N–H and O–H groups in total. The number of carbonyl (C=O) groups is 1. The molecule has 7 nitrogen and oxygen atoms in total. The minimum Gasteiger partial charge on any atom is -0.264 e. The first-order valence-electron chi connectivity index (χ1n) is 7.57. The molecule has 1 aromatic carbocycles. The van der Waals surface area contributed by atoms with E-state index in [1.54, 1.807) is 4.52 Å². The van der Waals surface area contributed by atoms with Gasteiger partial charge in [0.05, 0.1) is 5.71 Å². The lowest BCUT2D eigenvalue weighted by Gasteiger charge is -2.01. The molecule has 2 aromatic heterocycles. The number of hydrogen-bond donors (Lipinski definition) is 1. The Morgan fingerprint density at radius 2 is 1.83 bits per heavy atom. The number of nitrogens with one attached hydrogen (secondary N) is 1. The summed E-state index contributed by atoms with van der Waals surface area (Å²) in [5, 5.41) is 8.30. The van der Waals surface area contributed by atoms with Gasteiger partial charge >= 0.3 is 5.91 Å². The van der Waals surface area contributed by atoms with E-state index in [1.165, 1.54) is 5.56 Å². The van der Waals surface area contributed by atoms with Crippen LogP contribution in [-0.4, -0.2) is 31.2 Å². The van der Waals surface area contributed by atoms with Crippen LogP contribution in [0.4, 0.5) is 0 Å². The number of benzene rings is 1. The van der Waals surface area contributed by atoms with Crippen LogP contribution in [0, 0.1) is 20.8 Å². The summed E-state index contributed by atoms with van der Waals surface area (Å²) in [4.78, 5) is 20.6. The smallest absolute Gasteiger partial charge is 0.264 e. The lowest BCUT2D eigenvalue weighted by molar-refractivity contribution is 0.0944. The fourth-order valence-electron chi connectivity index (χ4n) is 2.31. The Morgan fingerprint density at radius 1 is 1.12 bits per heavy atom. The fourth-order valence-corrected chi connectivity index (χ4v) is 2.31. The normalized spacial score (nSPS) is 11.8. The number of carbonyl (C=O) groups excluding carboxylic acids is 1. The second-order valence-electron chi connectivity index (χ2n) is 5.69. The number of rotatable bonds is 3. The number of aryl methyl sites for hydroxylation is 3. The molecule has 0 atom stereocenters. The molecule has 1 amide bonds. The van der Waals surface area contributed by atoms with E-state index in [-0.39, 0.29) is 5.82 Å². The van der Waals surface area contributed by atoms with Gasteiger partial charge in [0.1, 0.15) is 0 Å². The number of hydrazone groups is 1. The van der Waals surface area contributed by atoms with Crippen LogP contribution in [-0.2, 0) is 0 Å². The first-order chi connectivity index (χ1) is 11.4. The molecule has 3 aromatic rings. The average Bonchev–Trinajstić information content (AvgIpc) is 2.97. The maximum Gasteiger partial charge on any atom is 0.311 e. The van der Waals surface area contributed by atoms with Crippen LogP contribution < -0.4 is 5.43 Å². The zero-order valence-corrected chi connectivity index (χ0v) is 14.0. The molecule has 122 valence electrons. The highest BCUT2D eigenvalue weighted by Crippen LogP contribution is 2.06. The van der Waals surface area contributed by atoms with Gasteiger partial charge in [-0.25, -0.2) is 14.9 Å². The quantitative estimate of drug-likeness (QED) is 0.592. The number of fused-ring (bicyclic) bond motifs is 1. The van der Waals surface area contributed by atoms with Crippen LogP contribution in [0.3, 0.4) is 0 Å². The highest BCUT2D eigenvalue weighted by molar-refractivity contribution is 6.00. The SMILES string of the molecule is CC(=NNC(=O)c1nc2nc(C)cc(C)n2n1)c1ccc(C)cc1. The molecule has 0 spiro atoms. The lowest BCUT2D eigenvalue weighted by atomic mass is 10.1. The van der Waals surface area contributed by atoms with Crippen molar-refractivity contribution >= 4 is 17.4 Å². The summed E-state index contributed by atoms with van der Waals surface area (Å²) < 4.78 is 1.54. The maximum atomic E-state index is 12.2. The second kappa shape index (κ2) is 6.19. The summed E-state index contributed by atoms with van der Waals surface area (Å²) in [6.07, 6.45) is 0. The van der Waals surface area contributed by atoms with E-state index in [4.69, 9.17) is 0 Å². The Balaban J connectivity index is 1.81. The lowest BCUT2D eigenvalue weighted by Crippen LogP contribution is -2.20. The van der Waals surface area contributed by atoms with Crippen LogP contribution in [0.25, 0.3) is 5.78 Å². The number of nitrogens with zero attached hydrogens (tertiary/aromatic N) is 5. The maximum absolute atomic E-state index is 12.2. The van der Waals surface area contributed by atoms with Gasteiger partial charge < -0.3 is 0 Å². The predicted molar refractivity (Wildman–Crippen MR) is 91.1 cm³/mol. The topological polar surface area (TPSA) is 84.5 Å². The monoisotopic (exact) mass is 322 g/mol. The Kier molecular flexibility index (Phi) is 4.07. The molecular weight excluding hydrogens is 304 g/mol. The van der Waals surface area contributed by atoms with Crippen molar-refractivity contribution in [2.45, 2.75) is 27.7 Å². The van der Waals surface area contributed by atoms with Gasteiger partial charge in [0.2, 0.25) is 5.82 Å². The molecule has 0 saturated carbocycles. The Morgan fingerprint density at radius 3 is 2.54 bits per heavy atom. The molecule has 24 heavy (non-hydrogen) atoms. The molecule has 0 bridgehead atoms. The van der Waals surface area contributed by atoms with Crippen LogP contribution in [0.5, 0.6) is 0 Å². The van der Waals surface area contributed by atoms with Gasteiger partial charge in [-0.3, -0.25) is 4.79 Å². The molecule has 0 aliphatic rings. The Bertz CT molecular complexity index is 940. The van der Waals surface area contributed by atoms with E-state index in [0.29, 0.717) is 11.5 Å². The Hall–Kier alpha value is -3.09. The molecule has 0 unspecified atom stereocenters. The standard InChI is InChI=1S/C17H18N6O/c1-10-5-7-14(8-6-10)13(4)20-21-16(24)15-19-17-18-11(2)9-12(3)23(17)22-15/h5-9H,1-4H3,(H,21,24). The van der Waals surface area contributed by atoms with Crippen molar-refractivity contribution in [3.05, 3.63) is 58.7 Å². The van der Waals surface area contributed by atoms with Gasteiger partial charge in [0, 0.05) is 11.4 Å². The minimum absolute atomic E-state index is 0.0386. The van der Waals surface area contributed by atoms with E-state index in [0.717, 1.165) is 17.0 Å². The number of aromatic nitrogens is 4. The van der Waals surface area contributed by atoms with Crippen molar-refractivity contribution in [2.75, 3.05) is 0 Å². The number of amides is 1. The van der Waals surface area contributed by atoms with Crippen LogP contribution in [0.15, 0.2) is 35.4 Å². The van der Waals surface area contributed by atoms with E-state index >= 15 is 0 Å². The second-order valence-corrected chi connectivity index (χ2v) is 5.69. The molecule has 0 saturated heterocycles. The predicted octanol–water partition coefficient (Wildman–Crippen LogP) is 2.20. The molecule has 0 aliphatic carbocycles. The van der Waals surface area contributed by atoms with Gasteiger partial charge in [-0.15, -0.1) is 5.10 Å². The third-order valence-corrected chi connectivity index (χ3v) is 3.62. The van der Waals surface area contributed by atoms with Gasteiger partial charge in [-0.2, -0.15) is 10.1 Å². The summed E-state index contributed by atoms with van der Waals surface area (Å²) in [5.41, 5.74) is 7.00. The third-order valence-electron chi connectivity index (χ3n) is 3.62. The molecule has 0 fully saturated rings.